The molecule has 1 fully saturated rings. The molecule has 1 aliphatic rings. The quantitative estimate of drug-likeness (QED) is 0.648. The van der Waals surface area contributed by atoms with E-state index in [1.54, 1.807) is 19.2 Å². The highest BCUT2D eigenvalue weighted by atomic mass is 16.5. The molecule has 0 aromatic carbocycles. The molecule has 158 valence electrons. The van der Waals surface area contributed by atoms with Gasteiger partial charge in [0.15, 0.2) is 0 Å². The van der Waals surface area contributed by atoms with E-state index >= 15 is 0 Å². The third kappa shape index (κ3) is 3.24. The van der Waals surface area contributed by atoms with Crippen LogP contribution in [0.3, 0.4) is 0 Å². The van der Waals surface area contributed by atoms with E-state index in [4.69, 9.17) is 4.52 Å². The summed E-state index contributed by atoms with van der Waals surface area (Å²) in [7, 11) is 3.05. The lowest BCUT2D eigenvalue weighted by atomic mass is 9.97. The Balaban J connectivity index is 1.72. The summed E-state index contributed by atoms with van der Waals surface area (Å²) in [5, 5.41) is 4.32. The van der Waals surface area contributed by atoms with Crippen molar-refractivity contribution in [3.8, 4) is 0 Å². The molecule has 0 saturated carbocycles. The van der Waals surface area contributed by atoms with Crippen LogP contribution in [0.2, 0.25) is 0 Å². The number of pyridine rings is 1. The topological polar surface area (TPSA) is 103 Å². The molecule has 1 unspecified atom stereocenters. The van der Waals surface area contributed by atoms with E-state index in [0.717, 1.165) is 35.1 Å². The number of fused-ring (bicyclic) bond motifs is 1. The molecule has 1 amide bonds. The largest absolute Gasteiger partial charge is 0.361 e. The Morgan fingerprint density at radius 3 is 2.63 bits per heavy atom. The minimum Gasteiger partial charge on any atom is -0.361 e. The fourth-order valence-corrected chi connectivity index (χ4v) is 4.20. The highest BCUT2D eigenvalue weighted by Crippen LogP contribution is 2.31. The first-order chi connectivity index (χ1) is 14.3. The summed E-state index contributed by atoms with van der Waals surface area (Å²) in [4.78, 5) is 44.4. The zero-order valence-corrected chi connectivity index (χ0v) is 17.6. The molecule has 1 aliphatic heterocycles. The molecule has 0 aliphatic carbocycles. The van der Waals surface area contributed by atoms with Crippen molar-refractivity contribution in [2.24, 2.45) is 14.1 Å². The van der Waals surface area contributed by atoms with Crippen LogP contribution in [0.15, 0.2) is 26.2 Å². The van der Waals surface area contributed by atoms with Crippen LogP contribution < -0.4 is 11.2 Å². The van der Waals surface area contributed by atoms with Crippen molar-refractivity contribution in [1.82, 2.24) is 24.2 Å². The van der Waals surface area contributed by atoms with Crippen molar-refractivity contribution in [1.29, 1.82) is 0 Å². The fraction of sp³-hybridized carbons (Fsp3) is 0.476. The lowest BCUT2D eigenvalue weighted by Gasteiger charge is -2.35. The number of hydrogen-bond acceptors (Lipinski definition) is 6. The third-order valence-corrected chi connectivity index (χ3v) is 6.00. The zero-order valence-electron chi connectivity index (χ0n) is 17.6. The molecule has 1 atom stereocenters. The number of nitrogens with zero attached hydrogens (tertiary/aromatic N) is 5. The van der Waals surface area contributed by atoms with E-state index < -0.39 is 5.69 Å². The van der Waals surface area contributed by atoms with E-state index in [-0.39, 0.29) is 23.9 Å². The number of aryl methyl sites for hydroxylation is 3. The molecule has 3 aromatic heterocycles. The maximum absolute atomic E-state index is 13.2. The molecular formula is C21H25N5O4. The van der Waals surface area contributed by atoms with Crippen molar-refractivity contribution in [3.63, 3.8) is 0 Å². The Morgan fingerprint density at radius 2 is 1.93 bits per heavy atom. The molecule has 4 rings (SSSR count). The second-order valence-corrected chi connectivity index (χ2v) is 7.89. The van der Waals surface area contributed by atoms with Crippen LogP contribution in [-0.2, 0) is 25.3 Å². The average Bonchev–Trinajstić information content (AvgIpc) is 3.07. The van der Waals surface area contributed by atoms with Gasteiger partial charge < -0.3 is 9.42 Å². The van der Waals surface area contributed by atoms with Gasteiger partial charge in [-0.25, -0.2) is 9.78 Å². The van der Waals surface area contributed by atoms with Crippen LogP contribution in [0.4, 0.5) is 0 Å². The van der Waals surface area contributed by atoms with Crippen LogP contribution in [0.5, 0.6) is 0 Å². The van der Waals surface area contributed by atoms with Crippen molar-refractivity contribution in [2.45, 2.75) is 45.6 Å². The summed E-state index contributed by atoms with van der Waals surface area (Å²) >= 11 is 0. The lowest BCUT2D eigenvalue weighted by molar-refractivity contribution is -0.134. The first-order valence-corrected chi connectivity index (χ1v) is 10.1. The van der Waals surface area contributed by atoms with Gasteiger partial charge in [-0.15, -0.1) is 0 Å². The number of carbonyl (C=O) groups excluding carboxylic acids is 1. The van der Waals surface area contributed by atoms with Gasteiger partial charge in [-0.1, -0.05) is 5.16 Å². The SMILES string of the molecule is Cc1noc(C)c1CC(=O)N1CCCCC1c1ccc2c(=O)n(C)c(=O)n(C)c2n1. The standard InChI is InChI=1S/C21H25N5O4/c1-12-15(13(2)30-23-12)11-18(27)26-10-6-5-7-17(26)16-9-8-14-19(22-16)24(3)21(29)25(4)20(14)28/h8-9,17H,5-7,10-11H2,1-4H3. The summed E-state index contributed by atoms with van der Waals surface area (Å²) in [6, 6.07) is 3.29. The average molecular weight is 411 g/mol. The summed E-state index contributed by atoms with van der Waals surface area (Å²) in [5.74, 6) is 0.651. The van der Waals surface area contributed by atoms with Gasteiger partial charge in [0.25, 0.3) is 5.56 Å². The molecule has 0 spiro atoms. The lowest BCUT2D eigenvalue weighted by Crippen LogP contribution is -2.40. The third-order valence-electron chi connectivity index (χ3n) is 6.00. The van der Waals surface area contributed by atoms with Crippen molar-refractivity contribution in [3.05, 3.63) is 55.7 Å². The Kier molecular flexibility index (Phi) is 5.05. The van der Waals surface area contributed by atoms with E-state index in [2.05, 4.69) is 10.1 Å². The van der Waals surface area contributed by atoms with E-state index in [0.29, 0.717) is 29.0 Å². The molecule has 3 aromatic rings. The van der Waals surface area contributed by atoms with Gasteiger partial charge >= 0.3 is 5.69 Å². The van der Waals surface area contributed by atoms with E-state index in [9.17, 15) is 14.4 Å². The van der Waals surface area contributed by atoms with Crippen LogP contribution in [-0.4, -0.2) is 36.6 Å². The first-order valence-electron chi connectivity index (χ1n) is 10.1. The number of hydrogen-bond donors (Lipinski definition) is 0. The molecule has 9 heteroatoms. The summed E-state index contributed by atoms with van der Waals surface area (Å²) in [6.45, 7) is 4.28. The van der Waals surface area contributed by atoms with Gasteiger partial charge in [0, 0.05) is 26.2 Å². The molecule has 0 N–H and O–H groups in total. The second-order valence-electron chi connectivity index (χ2n) is 7.89. The zero-order chi connectivity index (χ0) is 21.6. The monoisotopic (exact) mass is 411 g/mol. The normalized spacial score (nSPS) is 16.9. The van der Waals surface area contributed by atoms with Gasteiger partial charge in [-0.3, -0.25) is 18.7 Å². The van der Waals surface area contributed by atoms with E-state index in [1.165, 1.54) is 11.6 Å². The van der Waals surface area contributed by atoms with Crippen LogP contribution in [0.25, 0.3) is 11.0 Å². The maximum atomic E-state index is 13.2. The van der Waals surface area contributed by atoms with Gasteiger partial charge in [0.2, 0.25) is 5.91 Å². The number of rotatable bonds is 3. The highest BCUT2D eigenvalue weighted by molar-refractivity contribution is 5.80. The fourth-order valence-electron chi connectivity index (χ4n) is 4.20. The number of piperidine rings is 1. The molecule has 30 heavy (non-hydrogen) atoms. The van der Waals surface area contributed by atoms with Crippen LogP contribution in [0.1, 0.15) is 48.0 Å². The number of likely N-dealkylation sites (tertiary alicyclic amines) is 1. The molecule has 0 bridgehead atoms. The Labute approximate surface area is 172 Å². The summed E-state index contributed by atoms with van der Waals surface area (Å²) in [5.41, 5.74) is 1.78. The predicted octanol–water partition coefficient (Wildman–Crippen LogP) is 1.53. The molecule has 4 heterocycles. The molecule has 1 saturated heterocycles. The van der Waals surface area contributed by atoms with Gasteiger partial charge in [0.1, 0.15) is 11.4 Å². The van der Waals surface area contributed by atoms with Crippen molar-refractivity contribution < 1.29 is 9.32 Å². The highest BCUT2D eigenvalue weighted by Gasteiger charge is 2.30. The Morgan fingerprint density at radius 1 is 1.17 bits per heavy atom. The Bertz CT molecular complexity index is 1230. The predicted molar refractivity (Wildman–Crippen MR) is 110 cm³/mol. The summed E-state index contributed by atoms with van der Waals surface area (Å²) < 4.78 is 7.64. The van der Waals surface area contributed by atoms with Crippen molar-refractivity contribution in [2.75, 3.05) is 6.54 Å². The number of amides is 1. The minimum absolute atomic E-state index is 0.00568. The van der Waals surface area contributed by atoms with Crippen LogP contribution >= 0.6 is 0 Å². The van der Waals surface area contributed by atoms with Gasteiger partial charge in [-0.2, -0.15) is 0 Å². The van der Waals surface area contributed by atoms with E-state index in [1.807, 2.05) is 18.7 Å². The van der Waals surface area contributed by atoms with Crippen LogP contribution in [0, 0.1) is 13.8 Å². The Hall–Kier alpha value is -3.23. The summed E-state index contributed by atoms with van der Waals surface area (Å²) in [6.07, 6.45) is 2.92. The minimum atomic E-state index is -0.424. The molecular weight excluding hydrogens is 386 g/mol. The number of aromatic nitrogens is 4. The van der Waals surface area contributed by atoms with Gasteiger partial charge in [-0.05, 0) is 45.2 Å². The first kappa shape index (κ1) is 20.1. The second kappa shape index (κ2) is 7.55. The molecule has 9 nitrogen and oxygen atoms in total. The maximum Gasteiger partial charge on any atom is 0.332 e. The van der Waals surface area contributed by atoms with Gasteiger partial charge in [0.05, 0.1) is 29.2 Å². The van der Waals surface area contributed by atoms with Crippen molar-refractivity contribution >= 4 is 16.9 Å². The number of carbonyl (C=O) groups is 1. The molecule has 0 radical (unpaired) electrons. The smallest absolute Gasteiger partial charge is 0.332 e.